The van der Waals surface area contributed by atoms with E-state index < -0.39 is 0 Å². The zero-order valence-electron chi connectivity index (χ0n) is 11.5. The lowest BCUT2D eigenvalue weighted by Crippen LogP contribution is -2.18. The molecule has 0 saturated carbocycles. The Morgan fingerprint density at radius 1 is 1.15 bits per heavy atom. The summed E-state index contributed by atoms with van der Waals surface area (Å²) < 4.78 is 1.40. The van der Waals surface area contributed by atoms with E-state index in [0.29, 0.717) is 8.95 Å². The van der Waals surface area contributed by atoms with Crippen molar-refractivity contribution in [2.45, 2.75) is 26.4 Å². The molecule has 4 heteroatoms. The first-order valence-corrected chi connectivity index (χ1v) is 8.03. The number of hydrogen-bond donors (Lipinski definition) is 2. The number of benzene rings is 2. The van der Waals surface area contributed by atoms with Crippen molar-refractivity contribution in [2.24, 2.45) is 0 Å². The van der Waals surface area contributed by atoms with Gasteiger partial charge in [0.15, 0.2) is 0 Å². The van der Waals surface area contributed by atoms with Gasteiger partial charge >= 0.3 is 0 Å². The highest BCUT2D eigenvalue weighted by Crippen LogP contribution is 2.33. The summed E-state index contributed by atoms with van der Waals surface area (Å²) in [6.07, 6.45) is 0. The first kappa shape index (κ1) is 15.5. The molecule has 106 valence electrons. The molecular formula is C16H17Br2NO. The molecule has 0 spiro atoms. The number of phenols is 1. The minimum Gasteiger partial charge on any atom is -0.506 e. The number of aryl methyl sites for hydroxylation is 1. The normalized spacial score (nSPS) is 12.4. The third kappa shape index (κ3) is 3.62. The lowest BCUT2D eigenvalue weighted by Gasteiger charge is -2.17. The van der Waals surface area contributed by atoms with Gasteiger partial charge < -0.3 is 10.4 Å². The molecule has 0 aliphatic carbocycles. The van der Waals surface area contributed by atoms with E-state index >= 15 is 0 Å². The fraction of sp³-hybridized carbons (Fsp3) is 0.250. The standard InChI is InChI=1S/C16H17Br2NO/c1-10-5-3-4-6-13(10)11(2)19-9-12-7-14(17)16(20)15(18)8-12/h3-8,11,19-20H,9H2,1-2H3/t11-/m0/s1. The Balaban J connectivity index is 2.07. The molecule has 0 aliphatic heterocycles. The second-order valence-electron chi connectivity index (χ2n) is 4.87. The smallest absolute Gasteiger partial charge is 0.143 e. The van der Waals surface area contributed by atoms with Crippen LogP contribution in [0.2, 0.25) is 0 Å². The van der Waals surface area contributed by atoms with E-state index in [1.165, 1.54) is 11.1 Å². The van der Waals surface area contributed by atoms with Gasteiger partial charge in [0.25, 0.3) is 0 Å². The van der Waals surface area contributed by atoms with Gasteiger partial charge in [-0.15, -0.1) is 0 Å². The van der Waals surface area contributed by atoms with Gasteiger partial charge in [0, 0.05) is 12.6 Å². The number of phenolic OH excluding ortho intramolecular Hbond substituents is 1. The molecule has 0 unspecified atom stereocenters. The minimum atomic E-state index is 0.237. The number of nitrogens with one attached hydrogen (secondary N) is 1. The van der Waals surface area contributed by atoms with Crippen LogP contribution in [0.25, 0.3) is 0 Å². The molecule has 0 fully saturated rings. The summed E-state index contributed by atoms with van der Waals surface area (Å²) in [5, 5.41) is 13.2. The van der Waals surface area contributed by atoms with Crippen molar-refractivity contribution in [2.75, 3.05) is 0 Å². The molecule has 0 radical (unpaired) electrons. The van der Waals surface area contributed by atoms with E-state index in [0.717, 1.165) is 12.1 Å². The molecule has 2 aromatic rings. The molecular weight excluding hydrogens is 382 g/mol. The first-order chi connectivity index (χ1) is 9.49. The minimum absolute atomic E-state index is 0.237. The first-order valence-electron chi connectivity index (χ1n) is 6.45. The topological polar surface area (TPSA) is 32.3 Å². The lowest BCUT2D eigenvalue weighted by atomic mass is 10.0. The van der Waals surface area contributed by atoms with Crippen molar-refractivity contribution < 1.29 is 5.11 Å². The summed E-state index contributed by atoms with van der Waals surface area (Å²) in [4.78, 5) is 0. The van der Waals surface area contributed by atoms with E-state index in [4.69, 9.17) is 0 Å². The predicted octanol–water partition coefficient (Wildman–Crippen LogP) is 5.08. The Labute approximate surface area is 136 Å². The second-order valence-corrected chi connectivity index (χ2v) is 6.58. The zero-order chi connectivity index (χ0) is 14.7. The Hall–Kier alpha value is -0.840. The van der Waals surface area contributed by atoms with Gasteiger partial charge in [-0.05, 0) is 74.5 Å². The molecule has 0 bridgehead atoms. The Morgan fingerprint density at radius 2 is 1.75 bits per heavy atom. The molecule has 0 amide bonds. The summed E-state index contributed by atoms with van der Waals surface area (Å²) in [7, 11) is 0. The van der Waals surface area contributed by atoms with Gasteiger partial charge in [-0.2, -0.15) is 0 Å². The van der Waals surface area contributed by atoms with Crippen LogP contribution in [0.5, 0.6) is 5.75 Å². The van der Waals surface area contributed by atoms with E-state index in [1.54, 1.807) is 0 Å². The monoisotopic (exact) mass is 397 g/mol. The lowest BCUT2D eigenvalue weighted by molar-refractivity contribution is 0.467. The van der Waals surface area contributed by atoms with Crippen molar-refractivity contribution >= 4 is 31.9 Å². The predicted molar refractivity (Wildman–Crippen MR) is 89.9 cm³/mol. The second kappa shape index (κ2) is 6.74. The molecule has 1 atom stereocenters. The van der Waals surface area contributed by atoms with E-state index in [9.17, 15) is 5.11 Å². The molecule has 2 aromatic carbocycles. The Morgan fingerprint density at radius 3 is 2.35 bits per heavy atom. The van der Waals surface area contributed by atoms with Gasteiger partial charge in [-0.3, -0.25) is 0 Å². The van der Waals surface area contributed by atoms with Crippen LogP contribution in [0.15, 0.2) is 45.3 Å². The van der Waals surface area contributed by atoms with Crippen LogP contribution in [0.1, 0.15) is 29.7 Å². The van der Waals surface area contributed by atoms with E-state index in [1.807, 2.05) is 12.1 Å². The van der Waals surface area contributed by atoms with Crippen molar-refractivity contribution in [3.05, 3.63) is 62.0 Å². The van der Waals surface area contributed by atoms with Crippen LogP contribution >= 0.6 is 31.9 Å². The zero-order valence-corrected chi connectivity index (χ0v) is 14.6. The van der Waals surface area contributed by atoms with E-state index in [2.05, 4.69) is 75.3 Å². The summed E-state index contributed by atoms with van der Waals surface area (Å²) in [5.41, 5.74) is 3.71. The van der Waals surface area contributed by atoms with Gasteiger partial charge in [-0.1, -0.05) is 24.3 Å². The molecule has 0 saturated heterocycles. The largest absolute Gasteiger partial charge is 0.506 e. The number of aromatic hydroxyl groups is 1. The van der Waals surface area contributed by atoms with Crippen LogP contribution in [-0.2, 0) is 6.54 Å². The molecule has 2 rings (SSSR count). The third-order valence-electron chi connectivity index (χ3n) is 3.34. The van der Waals surface area contributed by atoms with Crippen LogP contribution in [-0.4, -0.2) is 5.11 Å². The average Bonchev–Trinajstić information content (AvgIpc) is 2.42. The molecule has 20 heavy (non-hydrogen) atoms. The van der Waals surface area contributed by atoms with Crippen LogP contribution in [0.4, 0.5) is 0 Å². The molecule has 2 N–H and O–H groups in total. The molecule has 0 heterocycles. The highest BCUT2D eigenvalue weighted by atomic mass is 79.9. The van der Waals surface area contributed by atoms with Crippen molar-refractivity contribution in [3.63, 3.8) is 0 Å². The van der Waals surface area contributed by atoms with Crippen molar-refractivity contribution in [3.8, 4) is 5.75 Å². The third-order valence-corrected chi connectivity index (χ3v) is 4.55. The summed E-state index contributed by atoms with van der Waals surface area (Å²) in [6.45, 7) is 5.03. The Bertz CT molecular complexity index is 590. The van der Waals surface area contributed by atoms with Crippen LogP contribution < -0.4 is 5.32 Å². The summed E-state index contributed by atoms with van der Waals surface area (Å²) in [6, 6.07) is 12.5. The highest BCUT2D eigenvalue weighted by Gasteiger charge is 2.09. The number of halogens is 2. The number of hydrogen-bond acceptors (Lipinski definition) is 2. The van der Waals surface area contributed by atoms with E-state index in [-0.39, 0.29) is 11.8 Å². The fourth-order valence-corrected chi connectivity index (χ4v) is 3.45. The summed E-state index contributed by atoms with van der Waals surface area (Å²) in [5.74, 6) is 0.237. The summed E-state index contributed by atoms with van der Waals surface area (Å²) >= 11 is 6.71. The molecule has 2 nitrogen and oxygen atoms in total. The van der Waals surface area contributed by atoms with Gasteiger partial charge in [-0.25, -0.2) is 0 Å². The van der Waals surface area contributed by atoms with Crippen molar-refractivity contribution in [1.82, 2.24) is 5.32 Å². The number of rotatable bonds is 4. The highest BCUT2D eigenvalue weighted by molar-refractivity contribution is 9.11. The quantitative estimate of drug-likeness (QED) is 0.752. The fourth-order valence-electron chi connectivity index (χ4n) is 2.17. The maximum Gasteiger partial charge on any atom is 0.143 e. The van der Waals surface area contributed by atoms with Crippen molar-refractivity contribution in [1.29, 1.82) is 0 Å². The van der Waals surface area contributed by atoms with Crippen LogP contribution in [0.3, 0.4) is 0 Å². The maximum atomic E-state index is 9.71. The average molecular weight is 399 g/mol. The Kier molecular flexibility index (Phi) is 5.24. The van der Waals surface area contributed by atoms with Crippen LogP contribution in [0, 0.1) is 6.92 Å². The van der Waals surface area contributed by atoms with Gasteiger partial charge in [0.05, 0.1) is 8.95 Å². The van der Waals surface area contributed by atoms with Gasteiger partial charge in [0.1, 0.15) is 5.75 Å². The van der Waals surface area contributed by atoms with Gasteiger partial charge in [0.2, 0.25) is 0 Å². The molecule has 0 aliphatic rings. The molecule has 0 aromatic heterocycles. The SMILES string of the molecule is Cc1ccccc1[C@H](C)NCc1cc(Br)c(O)c(Br)c1. The maximum absolute atomic E-state index is 9.71.